The maximum atomic E-state index is 13.1. The molecule has 1 atom stereocenters. The van der Waals surface area contributed by atoms with Gasteiger partial charge in [0.2, 0.25) is 15.9 Å². The Kier molecular flexibility index (Phi) is 7.62. The van der Waals surface area contributed by atoms with Gasteiger partial charge in [0.25, 0.3) is 0 Å². The number of amides is 1. The van der Waals surface area contributed by atoms with Gasteiger partial charge in [0.1, 0.15) is 16.7 Å². The zero-order valence-electron chi connectivity index (χ0n) is 16.8. The number of sulfonamides is 1. The summed E-state index contributed by atoms with van der Waals surface area (Å²) in [6.45, 7) is 0.174. The Labute approximate surface area is 186 Å². The third kappa shape index (κ3) is 6.27. The van der Waals surface area contributed by atoms with Gasteiger partial charge in [-0.25, -0.2) is 8.42 Å². The predicted molar refractivity (Wildman–Crippen MR) is 118 cm³/mol. The first-order valence-corrected chi connectivity index (χ1v) is 11.3. The first kappa shape index (κ1) is 22.7. The summed E-state index contributed by atoms with van der Waals surface area (Å²) in [4.78, 5) is 17.0. The molecule has 162 valence electrons. The maximum absolute atomic E-state index is 13.1. The number of methoxy groups -OCH3 is 1. The van der Waals surface area contributed by atoms with Crippen LogP contribution in [0.4, 0.5) is 0 Å². The van der Waals surface area contributed by atoms with Crippen LogP contribution in [-0.2, 0) is 27.8 Å². The van der Waals surface area contributed by atoms with Gasteiger partial charge in [-0.05, 0) is 42.3 Å². The number of ether oxygens (including phenoxy) is 1. The van der Waals surface area contributed by atoms with Gasteiger partial charge in [0.05, 0.1) is 19.3 Å². The molecule has 0 aliphatic heterocycles. The molecule has 9 heteroatoms. The van der Waals surface area contributed by atoms with Crippen LogP contribution in [0.2, 0.25) is 5.02 Å². The lowest BCUT2D eigenvalue weighted by molar-refractivity contribution is -0.122. The molecule has 0 aliphatic carbocycles. The lowest BCUT2D eigenvalue weighted by atomic mass is 10.1. The highest BCUT2D eigenvalue weighted by Gasteiger charge is 2.28. The summed E-state index contributed by atoms with van der Waals surface area (Å²) in [7, 11) is -2.74. The van der Waals surface area contributed by atoms with Crippen LogP contribution in [0, 0.1) is 0 Å². The number of rotatable bonds is 9. The molecule has 0 radical (unpaired) electrons. The lowest BCUT2D eigenvalue weighted by Gasteiger charge is -2.19. The number of nitrogens with zero attached hydrogens (tertiary/aromatic N) is 1. The molecule has 1 aromatic heterocycles. The number of hydrogen-bond acceptors (Lipinski definition) is 5. The molecular formula is C22H22ClN3O4S. The Hall–Kier alpha value is -2.94. The Morgan fingerprint density at radius 3 is 2.52 bits per heavy atom. The van der Waals surface area contributed by atoms with E-state index in [0.717, 1.165) is 5.56 Å². The average Bonchev–Trinajstić information content (AvgIpc) is 2.78. The second-order valence-corrected chi connectivity index (χ2v) is 8.82. The summed E-state index contributed by atoms with van der Waals surface area (Å²) in [5.74, 6) is -0.344. The van der Waals surface area contributed by atoms with Gasteiger partial charge >= 0.3 is 0 Å². The number of nitrogens with one attached hydrogen (secondary N) is 2. The van der Waals surface area contributed by atoms with Crippen LogP contribution in [0.5, 0.6) is 5.75 Å². The molecule has 0 aliphatic rings. The van der Waals surface area contributed by atoms with Crippen molar-refractivity contribution < 1.29 is 17.9 Å². The van der Waals surface area contributed by atoms with Crippen molar-refractivity contribution in [2.24, 2.45) is 0 Å². The van der Waals surface area contributed by atoms with E-state index in [9.17, 15) is 13.2 Å². The van der Waals surface area contributed by atoms with E-state index in [1.807, 2.05) is 36.4 Å². The highest BCUT2D eigenvalue weighted by atomic mass is 35.5. The molecule has 2 N–H and O–H groups in total. The van der Waals surface area contributed by atoms with Crippen LogP contribution in [0.1, 0.15) is 11.3 Å². The Morgan fingerprint density at radius 1 is 1.10 bits per heavy atom. The van der Waals surface area contributed by atoms with Crippen molar-refractivity contribution in [3.63, 3.8) is 0 Å². The summed E-state index contributed by atoms with van der Waals surface area (Å²) in [6, 6.07) is 17.7. The fourth-order valence-electron chi connectivity index (χ4n) is 2.95. The fraction of sp³-hybridized carbons (Fsp3) is 0.182. The maximum Gasteiger partial charge on any atom is 0.245 e. The number of aromatic nitrogens is 1. The van der Waals surface area contributed by atoms with Crippen molar-refractivity contribution in [1.82, 2.24) is 15.0 Å². The third-order valence-corrected chi connectivity index (χ3v) is 6.21. The highest BCUT2D eigenvalue weighted by molar-refractivity contribution is 7.89. The SMILES string of the molecule is COc1ccc(Cl)cc1S(=O)(=O)N[C@@H](Cc1ccccc1)C(=O)NCc1ccccn1. The van der Waals surface area contributed by atoms with E-state index < -0.39 is 22.0 Å². The van der Waals surface area contributed by atoms with Crippen molar-refractivity contribution in [2.45, 2.75) is 23.9 Å². The normalized spacial score (nSPS) is 12.2. The molecule has 0 fully saturated rings. The Morgan fingerprint density at radius 2 is 1.84 bits per heavy atom. The second-order valence-electron chi connectivity index (χ2n) is 6.70. The summed E-state index contributed by atoms with van der Waals surface area (Å²) >= 11 is 5.99. The Balaban J connectivity index is 1.85. The van der Waals surface area contributed by atoms with Crippen LogP contribution in [0.3, 0.4) is 0 Å². The first-order chi connectivity index (χ1) is 14.9. The van der Waals surface area contributed by atoms with Crippen LogP contribution in [-0.4, -0.2) is 32.5 Å². The topological polar surface area (TPSA) is 97.4 Å². The summed E-state index contributed by atoms with van der Waals surface area (Å²) in [6.07, 6.45) is 1.79. The molecule has 0 spiro atoms. The molecule has 3 rings (SSSR count). The average molecular weight is 460 g/mol. The predicted octanol–water partition coefficient (Wildman–Crippen LogP) is 2.95. The minimum absolute atomic E-state index is 0.129. The molecule has 0 saturated carbocycles. The van der Waals surface area contributed by atoms with E-state index in [1.165, 1.54) is 25.3 Å². The van der Waals surface area contributed by atoms with Gasteiger partial charge in [0, 0.05) is 11.2 Å². The third-order valence-electron chi connectivity index (χ3n) is 4.48. The minimum atomic E-state index is -4.11. The minimum Gasteiger partial charge on any atom is -0.495 e. The van der Waals surface area contributed by atoms with E-state index in [-0.39, 0.29) is 28.6 Å². The standard InChI is InChI=1S/C22H22ClN3O4S/c1-30-20-11-10-17(23)14-21(20)31(28,29)26-19(13-16-7-3-2-4-8-16)22(27)25-15-18-9-5-6-12-24-18/h2-12,14,19,26H,13,15H2,1H3,(H,25,27)/t19-/m0/s1. The lowest BCUT2D eigenvalue weighted by Crippen LogP contribution is -2.47. The van der Waals surface area contributed by atoms with E-state index in [4.69, 9.17) is 16.3 Å². The van der Waals surface area contributed by atoms with Gasteiger partial charge in [-0.2, -0.15) is 4.72 Å². The van der Waals surface area contributed by atoms with Gasteiger partial charge < -0.3 is 10.1 Å². The van der Waals surface area contributed by atoms with Crippen molar-refractivity contribution in [1.29, 1.82) is 0 Å². The fourth-order valence-corrected chi connectivity index (χ4v) is 4.58. The molecule has 31 heavy (non-hydrogen) atoms. The molecule has 1 amide bonds. The van der Waals surface area contributed by atoms with Crippen LogP contribution in [0.25, 0.3) is 0 Å². The van der Waals surface area contributed by atoms with E-state index >= 15 is 0 Å². The molecule has 3 aromatic rings. The van der Waals surface area contributed by atoms with Gasteiger partial charge in [-0.1, -0.05) is 48.0 Å². The van der Waals surface area contributed by atoms with Crippen LogP contribution >= 0.6 is 11.6 Å². The number of hydrogen-bond donors (Lipinski definition) is 2. The smallest absolute Gasteiger partial charge is 0.245 e. The van der Waals surface area contributed by atoms with Crippen LogP contribution < -0.4 is 14.8 Å². The zero-order valence-corrected chi connectivity index (χ0v) is 18.4. The quantitative estimate of drug-likeness (QED) is 0.512. The molecular weight excluding hydrogens is 438 g/mol. The van der Waals surface area contributed by atoms with Crippen molar-refractivity contribution in [3.05, 3.63) is 89.2 Å². The van der Waals surface area contributed by atoms with Gasteiger partial charge in [-0.15, -0.1) is 0 Å². The zero-order chi connectivity index (χ0) is 22.3. The summed E-state index contributed by atoms with van der Waals surface area (Å²) in [5, 5.41) is 2.98. The summed E-state index contributed by atoms with van der Waals surface area (Å²) < 4.78 is 33.9. The van der Waals surface area contributed by atoms with Crippen molar-refractivity contribution in [2.75, 3.05) is 7.11 Å². The Bertz CT molecular complexity index is 1130. The largest absolute Gasteiger partial charge is 0.495 e. The van der Waals surface area contributed by atoms with Gasteiger partial charge in [0.15, 0.2) is 0 Å². The number of benzene rings is 2. The molecule has 1 heterocycles. The second kappa shape index (κ2) is 10.4. The molecule has 0 unspecified atom stereocenters. The van der Waals surface area contributed by atoms with Crippen LogP contribution in [0.15, 0.2) is 77.8 Å². The highest BCUT2D eigenvalue weighted by Crippen LogP contribution is 2.27. The number of carbonyl (C=O) groups is 1. The molecule has 0 bridgehead atoms. The molecule has 0 saturated heterocycles. The number of halogens is 1. The van der Waals surface area contributed by atoms with Crippen molar-refractivity contribution >= 4 is 27.5 Å². The van der Waals surface area contributed by atoms with Crippen molar-refractivity contribution in [3.8, 4) is 5.75 Å². The molecule has 2 aromatic carbocycles. The monoisotopic (exact) mass is 459 g/mol. The van der Waals surface area contributed by atoms with Gasteiger partial charge in [-0.3, -0.25) is 9.78 Å². The number of carbonyl (C=O) groups excluding carboxylic acids is 1. The van der Waals surface area contributed by atoms with E-state index in [0.29, 0.717) is 5.69 Å². The molecule has 7 nitrogen and oxygen atoms in total. The van der Waals surface area contributed by atoms with E-state index in [1.54, 1.807) is 18.3 Å². The first-order valence-electron chi connectivity index (χ1n) is 9.46. The van der Waals surface area contributed by atoms with E-state index in [2.05, 4.69) is 15.0 Å². The summed E-state index contributed by atoms with van der Waals surface area (Å²) in [5.41, 5.74) is 1.47. The number of pyridine rings is 1.